The summed E-state index contributed by atoms with van der Waals surface area (Å²) in [5, 5.41) is 0. The topological polar surface area (TPSA) is 78.9 Å². The van der Waals surface area contributed by atoms with Gasteiger partial charge in [-0.15, -0.1) is 0 Å². The molecule has 0 bridgehead atoms. The lowest BCUT2D eigenvalue weighted by atomic mass is 10.0. The lowest BCUT2D eigenvalue weighted by Gasteiger charge is -2.18. The highest BCUT2D eigenvalue weighted by Crippen LogP contribution is 2.17. The second-order valence-electron chi connectivity index (χ2n) is 19.6. The molecule has 0 heterocycles. The van der Waals surface area contributed by atoms with Crippen molar-refractivity contribution in [1.82, 2.24) is 0 Å². The van der Waals surface area contributed by atoms with Crippen LogP contribution >= 0.6 is 0 Å². The Labute approximate surface area is 399 Å². The van der Waals surface area contributed by atoms with E-state index in [2.05, 4.69) is 32.9 Å². The number of carbonyl (C=O) groups is 3. The minimum atomic E-state index is -0.765. The van der Waals surface area contributed by atoms with Gasteiger partial charge < -0.3 is 14.2 Å². The number of hydrogen-bond donors (Lipinski definition) is 0. The minimum Gasteiger partial charge on any atom is -0.462 e. The predicted octanol–water partition coefficient (Wildman–Crippen LogP) is 18.9. The van der Waals surface area contributed by atoms with E-state index in [0.29, 0.717) is 19.3 Å². The summed E-state index contributed by atoms with van der Waals surface area (Å²) in [4.78, 5) is 38.1. The van der Waals surface area contributed by atoms with Crippen molar-refractivity contribution in [2.75, 3.05) is 13.2 Å². The molecule has 0 aromatic carbocycles. The van der Waals surface area contributed by atoms with Crippen LogP contribution in [0, 0.1) is 0 Å². The first-order chi connectivity index (χ1) is 31.5. The number of carbonyl (C=O) groups excluding carboxylic acids is 3. The Kier molecular flexibility index (Phi) is 52.2. The van der Waals surface area contributed by atoms with Crippen molar-refractivity contribution in [3.8, 4) is 0 Å². The van der Waals surface area contributed by atoms with E-state index in [1.54, 1.807) is 0 Å². The van der Waals surface area contributed by atoms with E-state index in [0.717, 1.165) is 57.8 Å². The summed E-state index contributed by atoms with van der Waals surface area (Å²) in [7, 11) is 0. The van der Waals surface area contributed by atoms with Crippen molar-refractivity contribution < 1.29 is 28.6 Å². The molecule has 0 aliphatic rings. The van der Waals surface area contributed by atoms with E-state index < -0.39 is 6.10 Å². The molecule has 0 spiro atoms. The summed E-state index contributed by atoms with van der Waals surface area (Å²) >= 11 is 0. The van der Waals surface area contributed by atoms with E-state index in [-0.39, 0.29) is 31.1 Å². The molecule has 0 saturated carbocycles. The van der Waals surface area contributed by atoms with Gasteiger partial charge in [0.2, 0.25) is 0 Å². The molecule has 0 N–H and O–H groups in total. The van der Waals surface area contributed by atoms with Crippen LogP contribution in [0.25, 0.3) is 0 Å². The molecular formula is C58H110O6. The number of esters is 3. The number of rotatable bonds is 53. The molecule has 1 atom stereocenters. The largest absolute Gasteiger partial charge is 0.462 e. The SMILES string of the molecule is CCCCCCCC/C=C\CCCCCCCCCC(=O)OC[C@@H](COC(=O)CCCCCCCCCCCCCCC)OC(=O)CCCCCCCCCCCCCCCCCC. The summed E-state index contributed by atoms with van der Waals surface area (Å²) in [6.45, 7) is 6.69. The summed E-state index contributed by atoms with van der Waals surface area (Å²) in [5.74, 6) is -0.846. The molecule has 0 aliphatic carbocycles. The van der Waals surface area contributed by atoms with Gasteiger partial charge in [0.1, 0.15) is 13.2 Å². The molecule has 64 heavy (non-hydrogen) atoms. The van der Waals surface area contributed by atoms with E-state index in [1.807, 2.05) is 0 Å². The maximum atomic E-state index is 12.8. The molecule has 6 nitrogen and oxygen atoms in total. The zero-order valence-corrected chi connectivity index (χ0v) is 43.3. The van der Waals surface area contributed by atoms with Gasteiger partial charge in [0.25, 0.3) is 0 Å². The Hall–Kier alpha value is -1.85. The van der Waals surface area contributed by atoms with Crippen molar-refractivity contribution in [1.29, 1.82) is 0 Å². The smallest absolute Gasteiger partial charge is 0.306 e. The van der Waals surface area contributed by atoms with Crippen LogP contribution in [-0.2, 0) is 28.6 Å². The second kappa shape index (κ2) is 53.8. The summed E-state index contributed by atoms with van der Waals surface area (Å²) in [5.41, 5.74) is 0. The Bertz CT molecular complexity index is 993. The van der Waals surface area contributed by atoms with Crippen molar-refractivity contribution in [3.63, 3.8) is 0 Å². The fourth-order valence-corrected chi connectivity index (χ4v) is 8.68. The summed E-state index contributed by atoms with van der Waals surface area (Å²) < 4.78 is 16.9. The third-order valence-electron chi connectivity index (χ3n) is 13.0. The maximum absolute atomic E-state index is 12.8. The highest BCUT2D eigenvalue weighted by molar-refractivity contribution is 5.71. The van der Waals surface area contributed by atoms with Gasteiger partial charge in [0, 0.05) is 19.3 Å². The zero-order valence-electron chi connectivity index (χ0n) is 43.3. The van der Waals surface area contributed by atoms with Crippen molar-refractivity contribution >= 4 is 17.9 Å². The molecule has 0 radical (unpaired) electrons. The minimum absolute atomic E-state index is 0.0653. The van der Waals surface area contributed by atoms with Crippen LogP contribution in [0.15, 0.2) is 12.2 Å². The first-order valence-electron chi connectivity index (χ1n) is 28.7. The number of ether oxygens (including phenoxy) is 3. The first kappa shape index (κ1) is 62.1. The van der Waals surface area contributed by atoms with Crippen LogP contribution in [0.4, 0.5) is 0 Å². The number of unbranched alkanes of at least 4 members (excludes halogenated alkanes) is 40. The molecule has 6 heteroatoms. The molecular weight excluding hydrogens is 793 g/mol. The predicted molar refractivity (Wildman–Crippen MR) is 275 cm³/mol. The molecule has 0 unspecified atom stereocenters. The summed E-state index contributed by atoms with van der Waals surface area (Å²) in [6.07, 6.45) is 60.5. The quantitative estimate of drug-likeness (QED) is 0.0262. The molecule has 0 amide bonds. The van der Waals surface area contributed by atoms with E-state index in [1.165, 1.54) is 225 Å². The van der Waals surface area contributed by atoms with Gasteiger partial charge >= 0.3 is 17.9 Å². The van der Waals surface area contributed by atoms with Gasteiger partial charge in [-0.1, -0.05) is 270 Å². The van der Waals surface area contributed by atoms with Crippen molar-refractivity contribution in [3.05, 3.63) is 12.2 Å². The molecule has 0 rings (SSSR count). The van der Waals surface area contributed by atoms with E-state index >= 15 is 0 Å². The fourth-order valence-electron chi connectivity index (χ4n) is 8.68. The van der Waals surface area contributed by atoms with Gasteiger partial charge in [-0.25, -0.2) is 0 Å². The fraction of sp³-hybridized carbons (Fsp3) is 0.914. The lowest BCUT2D eigenvalue weighted by Crippen LogP contribution is -2.30. The highest BCUT2D eigenvalue weighted by Gasteiger charge is 2.19. The molecule has 0 aliphatic heterocycles. The van der Waals surface area contributed by atoms with Gasteiger partial charge in [-0.3, -0.25) is 14.4 Å². The third kappa shape index (κ3) is 51.1. The van der Waals surface area contributed by atoms with Crippen LogP contribution in [0.3, 0.4) is 0 Å². The average Bonchev–Trinajstić information content (AvgIpc) is 3.29. The van der Waals surface area contributed by atoms with Crippen LogP contribution in [-0.4, -0.2) is 37.2 Å². The Morgan fingerprint density at radius 2 is 0.516 bits per heavy atom. The monoisotopic (exact) mass is 903 g/mol. The van der Waals surface area contributed by atoms with E-state index in [9.17, 15) is 14.4 Å². The van der Waals surface area contributed by atoms with Crippen LogP contribution in [0.5, 0.6) is 0 Å². The molecule has 0 saturated heterocycles. The maximum Gasteiger partial charge on any atom is 0.306 e. The normalized spacial score (nSPS) is 12.0. The number of allylic oxidation sites excluding steroid dienone is 2. The van der Waals surface area contributed by atoms with Crippen molar-refractivity contribution in [2.45, 2.75) is 329 Å². The molecule has 0 aromatic heterocycles. The standard InChI is InChI=1S/C58H110O6/c1-4-7-10-13-16-19-22-25-27-29-31-33-36-39-42-45-48-51-57(60)63-54-55(53-62-56(59)50-47-44-41-38-35-32-24-21-18-15-12-9-6-3)64-58(61)52-49-46-43-40-37-34-30-28-26-23-20-17-14-11-8-5-2/h25,27,55H,4-24,26,28-54H2,1-3H3/b27-25-/t55-/m1/s1. The van der Waals surface area contributed by atoms with E-state index in [4.69, 9.17) is 14.2 Å². The van der Waals surface area contributed by atoms with Crippen LogP contribution < -0.4 is 0 Å². The van der Waals surface area contributed by atoms with Gasteiger partial charge in [-0.05, 0) is 44.9 Å². The Morgan fingerprint density at radius 3 is 0.781 bits per heavy atom. The Morgan fingerprint density at radius 1 is 0.297 bits per heavy atom. The van der Waals surface area contributed by atoms with Crippen LogP contribution in [0.1, 0.15) is 323 Å². The highest BCUT2D eigenvalue weighted by atomic mass is 16.6. The van der Waals surface area contributed by atoms with Gasteiger partial charge in [0.15, 0.2) is 6.10 Å². The van der Waals surface area contributed by atoms with Gasteiger partial charge in [0.05, 0.1) is 0 Å². The zero-order chi connectivity index (χ0) is 46.5. The average molecular weight is 904 g/mol. The number of hydrogen-bond acceptors (Lipinski definition) is 6. The molecule has 0 fully saturated rings. The molecule has 378 valence electrons. The molecule has 0 aromatic rings. The third-order valence-corrected chi connectivity index (χ3v) is 13.0. The first-order valence-corrected chi connectivity index (χ1v) is 28.7. The van der Waals surface area contributed by atoms with Crippen molar-refractivity contribution in [2.24, 2.45) is 0 Å². The Balaban J connectivity index is 4.31. The van der Waals surface area contributed by atoms with Gasteiger partial charge in [-0.2, -0.15) is 0 Å². The van der Waals surface area contributed by atoms with Crippen LogP contribution in [0.2, 0.25) is 0 Å². The lowest BCUT2D eigenvalue weighted by molar-refractivity contribution is -0.167. The second-order valence-corrected chi connectivity index (χ2v) is 19.6. The summed E-state index contributed by atoms with van der Waals surface area (Å²) in [6, 6.07) is 0.